The van der Waals surface area contributed by atoms with Crippen molar-refractivity contribution in [3.05, 3.63) is 12.2 Å². The maximum absolute atomic E-state index is 13.0. The molecule has 0 spiro atoms. The Morgan fingerprint density at radius 3 is 2.09 bits per heavy atom. The number of amides is 1. The van der Waals surface area contributed by atoms with Gasteiger partial charge in [0, 0.05) is 5.41 Å². The second kappa shape index (κ2) is 5.71. The molecule has 0 aromatic heterocycles. The predicted octanol–water partition coefficient (Wildman–Crippen LogP) is 2.83. The van der Waals surface area contributed by atoms with E-state index in [1.54, 1.807) is 0 Å². The molecule has 0 saturated heterocycles. The van der Waals surface area contributed by atoms with Gasteiger partial charge in [-0.3, -0.25) is 4.79 Å². The van der Waals surface area contributed by atoms with E-state index >= 15 is 0 Å². The first kappa shape index (κ1) is 15.6. The maximum atomic E-state index is 13.0. The van der Waals surface area contributed by atoms with Gasteiger partial charge in [0.05, 0.1) is 7.11 Å². The van der Waals surface area contributed by atoms with Crippen molar-refractivity contribution in [2.24, 2.45) is 23.2 Å². The van der Waals surface area contributed by atoms with Crippen LogP contribution in [0.4, 0.5) is 0 Å². The van der Waals surface area contributed by atoms with E-state index in [1.165, 1.54) is 26.4 Å². The molecule has 4 rings (SSSR count). The molecule has 4 heteroatoms. The number of rotatable bonds is 5. The van der Waals surface area contributed by atoms with Crippen molar-refractivity contribution in [1.29, 1.82) is 0 Å². The quantitative estimate of drug-likeness (QED) is 0.627. The Morgan fingerprint density at radius 2 is 1.68 bits per heavy atom. The smallest absolute Gasteiger partial charge is 0.328 e. The number of esters is 1. The molecule has 4 saturated carbocycles. The molecule has 4 aliphatic rings. The molecule has 1 N–H and O–H groups in total. The lowest BCUT2D eigenvalue weighted by atomic mass is 9.49. The summed E-state index contributed by atoms with van der Waals surface area (Å²) in [7, 11) is 1.37. The highest BCUT2D eigenvalue weighted by atomic mass is 16.5. The third kappa shape index (κ3) is 2.80. The lowest BCUT2D eigenvalue weighted by Crippen LogP contribution is -2.56. The van der Waals surface area contributed by atoms with Crippen LogP contribution in [0.1, 0.15) is 51.9 Å². The van der Waals surface area contributed by atoms with E-state index in [2.05, 4.69) is 11.9 Å². The van der Waals surface area contributed by atoms with Crippen LogP contribution in [-0.2, 0) is 14.3 Å². The summed E-state index contributed by atoms with van der Waals surface area (Å²) in [5, 5.41) is 2.98. The van der Waals surface area contributed by atoms with Crippen LogP contribution in [0.25, 0.3) is 0 Å². The standard InChI is InChI=1S/C18H27NO3/c1-11(2)4-15(16(20)22-3)19-17(21)18-8-12-5-13(9-18)7-14(6-12)10-18/h12-15H,1,4-10H2,2-3H3,(H,19,21)/t12?,13?,14?,15-,18?/m0/s1. The molecule has 1 amide bonds. The van der Waals surface area contributed by atoms with Gasteiger partial charge >= 0.3 is 5.97 Å². The Morgan fingerprint density at radius 1 is 1.18 bits per heavy atom. The molecule has 22 heavy (non-hydrogen) atoms. The van der Waals surface area contributed by atoms with Crippen molar-refractivity contribution in [2.45, 2.75) is 57.9 Å². The molecule has 0 unspecified atom stereocenters. The predicted molar refractivity (Wildman–Crippen MR) is 84.0 cm³/mol. The number of methoxy groups -OCH3 is 1. The topological polar surface area (TPSA) is 55.4 Å². The van der Waals surface area contributed by atoms with E-state index in [1.807, 2.05) is 6.92 Å². The number of ether oxygens (including phenoxy) is 1. The summed E-state index contributed by atoms with van der Waals surface area (Å²) in [4.78, 5) is 24.9. The van der Waals surface area contributed by atoms with Crippen molar-refractivity contribution in [2.75, 3.05) is 7.11 Å². The third-order valence-electron chi connectivity index (χ3n) is 5.86. The van der Waals surface area contributed by atoms with Gasteiger partial charge < -0.3 is 10.1 Å². The van der Waals surface area contributed by atoms with Gasteiger partial charge in [-0.2, -0.15) is 0 Å². The van der Waals surface area contributed by atoms with Crippen molar-refractivity contribution in [1.82, 2.24) is 5.32 Å². The minimum absolute atomic E-state index is 0.0725. The first-order valence-corrected chi connectivity index (χ1v) is 8.45. The Balaban J connectivity index is 1.72. The monoisotopic (exact) mass is 305 g/mol. The molecule has 4 bridgehead atoms. The lowest BCUT2D eigenvalue weighted by Gasteiger charge is -2.55. The molecule has 0 aliphatic heterocycles. The summed E-state index contributed by atoms with van der Waals surface area (Å²) in [5.41, 5.74) is 0.650. The lowest BCUT2D eigenvalue weighted by molar-refractivity contribution is -0.152. The zero-order valence-corrected chi connectivity index (χ0v) is 13.7. The fraction of sp³-hybridized carbons (Fsp3) is 0.778. The third-order valence-corrected chi connectivity index (χ3v) is 5.86. The fourth-order valence-corrected chi connectivity index (χ4v) is 5.38. The molecule has 0 heterocycles. The number of nitrogens with one attached hydrogen (secondary N) is 1. The highest BCUT2D eigenvalue weighted by Gasteiger charge is 2.54. The van der Waals surface area contributed by atoms with Gasteiger partial charge in [-0.15, -0.1) is 6.58 Å². The van der Waals surface area contributed by atoms with Crippen LogP contribution in [0.5, 0.6) is 0 Å². The molecule has 4 aliphatic carbocycles. The van der Waals surface area contributed by atoms with Gasteiger partial charge in [-0.25, -0.2) is 4.79 Å². The normalized spacial score (nSPS) is 36.7. The zero-order chi connectivity index (χ0) is 15.9. The number of carbonyl (C=O) groups is 2. The van der Waals surface area contributed by atoms with Crippen molar-refractivity contribution in [3.63, 3.8) is 0 Å². The molecule has 4 fully saturated rings. The summed E-state index contributed by atoms with van der Waals surface area (Å²) in [6, 6.07) is -0.594. The summed E-state index contributed by atoms with van der Waals surface area (Å²) < 4.78 is 4.84. The van der Waals surface area contributed by atoms with Gasteiger partial charge in [0.1, 0.15) is 6.04 Å². The van der Waals surface area contributed by atoms with Crippen LogP contribution in [0.3, 0.4) is 0 Å². The van der Waals surface area contributed by atoms with Crippen LogP contribution in [0.2, 0.25) is 0 Å². The molecular weight excluding hydrogens is 278 g/mol. The molecule has 122 valence electrons. The van der Waals surface area contributed by atoms with Crippen LogP contribution in [-0.4, -0.2) is 25.0 Å². The average Bonchev–Trinajstić information content (AvgIpc) is 2.43. The Kier molecular flexibility index (Phi) is 4.04. The average molecular weight is 305 g/mol. The Hall–Kier alpha value is -1.32. The van der Waals surface area contributed by atoms with Gasteiger partial charge in [0.15, 0.2) is 0 Å². The Bertz CT molecular complexity index is 461. The molecule has 0 radical (unpaired) electrons. The van der Waals surface area contributed by atoms with Crippen molar-refractivity contribution < 1.29 is 14.3 Å². The molecule has 4 nitrogen and oxygen atoms in total. The van der Waals surface area contributed by atoms with E-state index in [0.717, 1.165) is 42.6 Å². The van der Waals surface area contributed by atoms with E-state index in [0.29, 0.717) is 6.42 Å². The van der Waals surface area contributed by atoms with Crippen molar-refractivity contribution >= 4 is 11.9 Å². The molecule has 0 aromatic carbocycles. The largest absolute Gasteiger partial charge is 0.467 e. The molecule has 0 aromatic rings. The number of hydrogen-bond acceptors (Lipinski definition) is 3. The van der Waals surface area contributed by atoms with Crippen LogP contribution in [0, 0.1) is 23.2 Å². The SMILES string of the molecule is C=C(C)C[C@H](NC(=O)C12CC3CC(CC(C3)C1)C2)C(=O)OC. The minimum Gasteiger partial charge on any atom is -0.467 e. The molecule has 1 atom stereocenters. The highest BCUT2D eigenvalue weighted by Crippen LogP contribution is 2.60. The van der Waals surface area contributed by atoms with E-state index in [-0.39, 0.29) is 17.3 Å². The van der Waals surface area contributed by atoms with Crippen LogP contribution >= 0.6 is 0 Å². The summed E-state index contributed by atoms with van der Waals surface area (Å²) in [6.07, 6.45) is 7.38. The number of carbonyl (C=O) groups excluding carboxylic acids is 2. The van der Waals surface area contributed by atoms with E-state index in [9.17, 15) is 9.59 Å². The zero-order valence-electron chi connectivity index (χ0n) is 13.7. The van der Waals surface area contributed by atoms with Crippen molar-refractivity contribution in [3.8, 4) is 0 Å². The second-order valence-electron chi connectivity index (χ2n) is 7.91. The summed E-state index contributed by atoms with van der Waals surface area (Å²) >= 11 is 0. The first-order chi connectivity index (χ1) is 10.4. The van der Waals surface area contributed by atoms with Gasteiger partial charge in [0.2, 0.25) is 5.91 Å². The first-order valence-electron chi connectivity index (χ1n) is 8.45. The van der Waals surface area contributed by atoms with Gasteiger partial charge in [-0.05, 0) is 69.6 Å². The second-order valence-corrected chi connectivity index (χ2v) is 7.91. The van der Waals surface area contributed by atoms with E-state index in [4.69, 9.17) is 4.74 Å². The summed E-state index contributed by atoms with van der Waals surface area (Å²) in [5.74, 6) is 1.85. The van der Waals surface area contributed by atoms with E-state index < -0.39 is 6.04 Å². The van der Waals surface area contributed by atoms with Crippen LogP contribution < -0.4 is 5.32 Å². The van der Waals surface area contributed by atoms with Crippen LogP contribution in [0.15, 0.2) is 12.2 Å². The summed E-state index contributed by atoms with van der Waals surface area (Å²) in [6.45, 7) is 5.72. The minimum atomic E-state index is -0.594. The highest BCUT2D eigenvalue weighted by molar-refractivity contribution is 5.88. The maximum Gasteiger partial charge on any atom is 0.328 e. The Labute approximate surface area is 132 Å². The molecular formula is C18H27NO3. The van der Waals surface area contributed by atoms with Gasteiger partial charge in [-0.1, -0.05) is 5.57 Å². The van der Waals surface area contributed by atoms with Gasteiger partial charge in [0.25, 0.3) is 0 Å². The fourth-order valence-electron chi connectivity index (χ4n) is 5.38. The number of hydrogen-bond donors (Lipinski definition) is 1.